The van der Waals surface area contributed by atoms with Gasteiger partial charge in [0.2, 0.25) is 0 Å². The van der Waals surface area contributed by atoms with E-state index in [2.05, 4.69) is 36.2 Å². The molecule has 0 spiro atoms. The molecule has 0 radical (unpaired) electrons. The molecule has 0 saturated carbocycles. The summed E-state index contributed by atoms with van der Waals surface area (Å²) in [5, 5.41) is 12.7. The van der Waals surface area contributed by atoms with Crippen LogP contribution in [0.1, 0.15) is 37.4 Å². The third-order valence-corrected chi connectivity index (χ3v) is 3.73. The molecular weight excluding hydrogens is 305 g/mol. The summed E-state index contributed by atoms with van der Waals surface area (Å²) >= 11 is 0. The van der Waals surface area contributed by atoms with E-state index in [1.54, 1.807) is 0 Å². The van der Waals surface area contributed by atoms with Crippen LogP contribution in [0, 0.1) is 17.2 Å². The zero-order chi connectivity index (χ0) is 13.7. The number of nitrogens with zero attached hydrogens (tertiary/aromatic N) is 2. The Bertz CT molecular complexity index is 451. The van der Waals surface area contributed by atoms with Gasteiger partial charge < -0.3 is 5.32 Å². The van der Waals surface area contributed by atoms with Crippen LogP contribution in [-0.4, -0.2) is 31.1 Å². The van der Waals surface area contributed by atoms with Crippen molar-refractivity contribution in [3.05, 3.63) is 35.4 Å². The predicted molar refractivity (Wildman–Crippen MR) is 92.3 cm³/mol. The fraction of sp³-hybridized carbons (Fsp3) is 0.562. The van der Waals surface area contributed by atoms with E-state index in [9.17, 15) is 5.26 Å². The fourth-order valence-corrected chi connectivity index (χ4v) is 2.80. The number of hydrogen-bond donors (Lipinski definition) is 1. The van der Waals surface area contributed by atoms with Crippen molar-refractivity contribution >= 4 is 24.8 Å². The van der Waals surface area contributed by atoms with Crippen LogP contribution in [-0.2, 0) is 0 Å². The van der Waals surface area contributed by atoms with E-state index >= 15 is 0 Å². The molecule has 2 rings (SSSR count). The second-order valence-electron chi connectivity index (χ2n) is 5.63. The molecule has 1 N–H and O–H groups in total. The van der Waals surface area contributed by atoms with Crippen LogP contribution in [0.15, 0.2) is 24.3 Å². The molecule has 5 heteroatoms. The van der Waals surface area contributed by atoms with Crippen LogP contribution in [0.3, 0.4) is 0 Å². The third-order valence-electron chi connectivity index (χ3n) is 3.73. The summed E-state index contributed by atoms with van der Waals surface area (Å²) in [6, 6.07) is 10.8. The first-order valence-corrected chi connectivity index (χ1v) is 7.16. The molecule has 0 aromatic heterocycles. The van der Waals surface area contributed by atoms with Crippen molar-refractivity contribution in [2.75, 3.05) is 26.2 Å². The van der Waals surface area contributed by atoms with Crippen molar-refractivity contribution in [1.82, 2.24) is 10.2 Å². The van der Waals surface area contributed by atoms with Gasteiger partial charge in [-0.05, 0) is 24.0 Å². The summed E-state index contributed by atoms with van der Waals surface area (Å²) in [6.45, 7) is 8.73. The normalized spacial score (nSPS) is 16.5. The van der Waals surface area contributed by atoms with Crippen molar-refractivity contribution in [2.24, 2.45) is 5.92 Å². The Morgan fingerprint density at radius 1 is 1.19 bits per heavy atom. The highest BCUT2D eigenvalue weighted by Gasteiger charge is 2.24. The van der Waals surface area contributed by atoms with Gasteiger partial charge in [0.1, 0.15) is 0 Å². The maximum absolute atomic E-state index is 9.32. The topological polar surface area (TPSA) is 39.1 Å². The van der Waals surface area contributed by atoms with Crippen molar-refractivity contribution in [3.63, 3.8) is 0 Å². The number of benzene rings is 1. The third kappa shape index (κ3) is 5.48. The maximum Gasteiger partial charge on any atom is 0.0995 e. The molecule has 0 unspecified atom stereocenters. The molecule has 3 nitrogen and oxygen atoms in total. The number of rotatable bonds is 4. The Kier molecular flexibility index (Phi) is 9.65. The van der Waals surface area contributed by atoms with E-state index in [4.69, 9.17) is 0 Å². The first-order valence-electron chi connectivity index (χ1n) is 7.16. The van der Waals surface area contributed by atoms with Crippen molar-refractivity contribution in [2.45, 2.75) is 26.3 Å². The molecule has 21 heavy (non-hydrogen) atoms. The van der Waals surface area contributed by atoms with Crippen LogP contribution in [0.5, 0.6) is 0 Å². The minimum atomic E-state index is 0. The van der Waals surface area contributed by atoms with Gasteiger partial charge in [-0.3, -0.25) is 4.90 Å². The first kappa shape index (κ1) is 20.2. The van der Waals surface area contributed by atoms with Gasteiger partial charge in [-0.15, -0.1) is 24.8 Å². The minimum Gasteiger partial charge on any atom is -0.314 e. The standard InChI is InChI=1S/C16H23N3.2ClH/c1-13(2)11-16(19-9-7-18-8-10-19)15-6-4-3-5-14(15)12-17;;/h3-6,13,16,18H,7-11H2,1-2H3;2*1H/t16-;;/m0../s1. The molecule has 0 bridgehead atoms. The molecule has 1 fully saturated rings. The van der Waals surface area contributed by atoms with E-state index in [1.807, 2.05) is 18.2 Å². The lowest BCUT2D eigenvalue weighted by molar-refractivity contribution is 0.154. The number of hydrogen-bond acceptors (Lipinski definition) is 3. The van der Waals surface area contributed by atoms with Gasteiger partial charge in [0.15, 0.2) is 0 Å². The SMILES string of the molecule is CC(C)C[C@@H](c1ccccc1C#N)N1CCNCC1.Cl.Cl. The van der Waals surface area contributed by atoms with Crippen LogP contribution in [0.4, 0.5) is 0 Å². The summed E-state index contributed by atoms with van der Waals surface area (Å²) in [5.74, 6) is 0.631. The summed E-state index contributed by atoms with van der Waals surface area (Å²) in [4.78, 5) is 2.52. The van der Waals surface area contributed by atoms with Crippen molar-refractivity contribution in [1.29, 1.82) is 5.26 Å². The quantitative estimate of drug-likeness (QED) is 0.920. The Morgan fingerprint density at radius 2 is 1.81 bits per heavy atom. The largest absolute Gasteiger partial charge is 0.314 e. The van der Waals surface area contributed by atoms with Gasteiger partial charge in [0.05, 0.1) is 11.6 Å². The van der Waals surface area contributed by atoms with E-state index in [0.717, 1.165) is 38.2 Å². The van der Waals surface area contributed by atoms with Crippen molar-refractivity contribution < 1.29 is 0 Å². The Morgan fingerprint density at radius 3 is 2.38 bits per heavy atom. The average Bonchev–Trinajstić information content (AvgIpc) is 2.45. The van der Waals surface area contributed by atoms with E-state index in [0.29, 0.717) is 12.0 Å². The number of nitrogens with one attached hydrogen (secondary N) is 1. The monoisotopic (exact) mass is 329 g/mol. The molecule has 1 aliphatic heterocycles. The lowest BCUT2D eigenvalue weighted by atomic mass is 9.92. The number of halogens is 2. The second-order valence-corrected chi connectivity index (χ2v) is 5.63. The molecular formula is C16H25Cl2N3. The van der Waals surface area contributed by atoms with Crippen LogP contribution in [0.2, 0.25) is 0 Å². The average molecular weight is 330 g/mol. The molecule has 1 saturated heterocycles. The molecule has 0 aliphatic carbocycles. The Balaban J connectivity index is 0.00000200. The smallest absolute Gasteiger partial charge is 0.0995 e. The van der Waals surface area contributed by atoms with Gasteiger partial charge >= 0.3 is 0 Å². The van der Waals surface area contributed by atoms with Gasteiger partial charge in [0, 0.05) is 32.2 Å². The van der Waals surface area contributed by atoms with Crippen LogP contribution in [0.25, 0.3) is 0 Å². The summed E-state index contributed by atoms with van der Waals surface area (Å²) < 4.78 is 0. The summed E-state index contributed by atoms with van der Waals surface area (Å²) in [5.41, 5.74) is 2.02. The predicted octanol–water partition coefficient (Wildman–Crippen LogP) is 3.39. The minimum absolute atomic E-state index is 0. The number of piperazine rings is 1. The van der Waals surface area contributed by atoms with Gasteiger partial charge in [-0.1, -0.05) is 32.0 Å². The fourth-order valence-electron chi connectivity index (χ4n) is 2.80. The first-order chi connectivity index (χ1) is 9.22. The van der Waals surface area contributed by atoms with Crippen LogP contribution < -0.4 is 5.32 Å². The highest BCUT2D eigenvalue weighted by Crippen LogP contribution is 2.30. The van der Waals surface area contributed by atoms with E-state index in [-0.39, 0.29) is 24.8 Å². The Labute approximate surface area is 140 Å². The Hall–Kier alpha value is -0.790. The van der Waals surface area contributed by atoms with Gasteiger partial charge in [0.25, 0.3) is 0 Å². The van der Waals surface area contributed by atoms with Gasteiger partial charge in [-0.25, -0.2) is 0 Å². The second kappa shape index (κ2) is 10.0. The molecule has 1 aliphatic rings. The zero-order valence-corrected chi connectivity index (χ0v) is 14.3. The molecule has 0 amide bonds. The van der Waals surface area contributed by atoms with Crippen LogP contribution >= 0.6 is 24.8 Å². The molecule has 1 aromatic carbocycles. The highest BCUT2D eigenvalue weighted by atomic mass is 35.5. The molecule has 1 atom stereocenters. The lowest BCUT2D eigenvalue weighted by Crippen LogP contribution is -2.45. The maximum atomic E-state index is 9.32. The number of nitriles is 1. The lowest BCUT2D eigenvalue weighted by Gasteiger charge is -2.36. The highest BCUT2D eigenvalue weighted by molar-refractivity contribution is 5.85. The van der Waals surface area contributed by atoms with Gasteiger partial charge in [-0.2, -0.15) is 5.26 Å². The van der Waals surface area contributed by atoms with E-state index in [1.165, 1.54) is 5.56 Å². The molecule has 118 valence electrons. The zero-order valence-electron chi connectivity index (χ0n) is 12.7. The van der Waals surface area contributed by atoms with Crippen molar-refractivity contribution in [3.8, 4) is 6.07 Å². The molecule has 1 aromatic rings. The summed E-state index contributed by atoms with van der Waals surface area (Å²) in [6.07, 6.45) is 1.11. The summed E-state index contributed by atoms with van der Waals surface area (Å²) in [7, 11) is 0. The molecule has 1 heterocycles. The van der Waals surface area contributed by atoms with E-state index < -0.39 is 0 Å².